The minimum Gasteiger partial charge on any atom is -0.479 e. The summed E-state index contributed by atoms with van der Waals surface area (Å²) in [4.78, 5) is 153. The number of Topliss-reactive ketones (excluding diaryl/α,β-unsaturated/α-hetero) is 1. The number of methoxy groups -OCH3 is 1. The van der Waals surface area contributed by atoms with Crippen molar-refractivity contribution in [3.8, 4) is 5.75 Å². The first-order valence-corrected chi connectivity index (χ1v) is 35.5. The summed E-state index contributed by atoms with van der Waals surface area (Å²) < 4.78 is 28.7. The van der Waals surface area contributed by atoms with Gasteiger partial charge in [0, 0.05) is 65.0 Å². The molecule has 2 heterocycles. The lowest BCUT2D eigenvalue weighted by atomic mass is 9.89. The van der Waals surface area contributed by atoms with Crippen LogP contribution in [0.2, 0.25) is 0 Å². The molecule has 0 bridgehead atoms. The number of nitrogens with two attached hydrogens (primary N) is 1. The number of likely N-dealkylation sites (N-methyl/N-ethyl adjacent to an activating group) is 2. The van der Waals surface area contributed by atoms with Gasteiger partial charge in [-0.3, -0.25) is 43.3 Å². The number of hydrogen-bond donors (Lipinski definition) is 12. The van der Waals surface area contributed by atoms with Gasteiger partial charge in [0.15, 0.2) is 6.10 Å². The van der Waals surface area contributed by atoms with Gasteiger partial charge in [-0.1, -0.05) is 119 Å². The smallest absolute Gasteiger partial charge is 0.410 e. The van der Waals surface area contributed by atoms with Crippen molar-refractivity contribution in [3.05, 3.63) is 59.7 Å². The lowest BCUT2D eigenvalue weighted by Gasteiger charge is -2.40. The van der Waals surface area contributed by atoms with Gasteiger partial charge < -0.3 is 96.7 Å². The molecule has 13 N–H and O–H groups in total. The number of likely N-dealkylation sites (tertiary alicyclic amines) is 1. The molecule has 0 aliphatic carbocycles. The third-order valence-corrected chi connectivity index (χ3v) is 18.9. The van der Waals surface area contributed by atoms with Crippen LogP contribution in [-0.2, 0) is 68.7 Å². The number of carbonyl (C=O) groups is 11. The van der Waals surface area contributed by atoms with Crippen molar-refractivity contribution in [2.75, 3.05) is 52.8 Å². The fourth-order valence-electron chi connectivity index (χ4n) is 12.5. The minimum absolute atomic E-state index is 0.00664. The van der Waals surface area contributed by atoms with Gasteiger partial charge in [0.1, 0.15) is 60.6 Å². The van der Waals surface area contributed by atoms with E-state index in [2.05, 4.69) is 31.9 Å². The second-order valence-corrected chi connectivity index (χ2v) is 28.3. The molecule has 0 saturated carbocycles. The average Bonchev–Trinajstić information content (AvgIpc) is 0.848. The second-order valence-electron chi connectivity index (χ2n) is 28.3. The van der Waals surface area contributed by atoms with Crippen LogP contribution >= 0.6 is 0 Å². The summed E-state index contributed by atoms with van der Waals surface area (Å²) in [6.07, 6.45) is -11.0. The summed E-state index contributed by atoms with van der Waals surface area (Å²) in [5, 5.41) is 69.2. The van der Waals surface area contributed by atoms with Crippen LogP contribution in [0, 0.1) is 35.5 Å². The van der Waals surface area contributed by atoms with Crippen LogP contribution in [0.15, 0.2) is 48.5 Å². The molecule has 103 heavy (non-hydrogen) atoms. The third-order valence-electron chi connectivity index (χ3n) is 18.9. The second kappa shape index (κ2) is 42.0. The average molecular weight is 1460 g/mol. The fraction of sp³-hybridized carbons (Fsp3) is 0.681. The van der Waals surface area contributed by atoms with E-state index in [1.54, 1.807) is 93.3 Å². The normalized spacial score (nSPS) is 20.4. The number of amides is 10. The zero-order valence-corrected chi connectivity index (χ0v) is 62.3. The van der Waals surface area contributed by atoms with Gasteiger partial charge in [-0.2, -0.15) is 0 Å². The number of rotatable bonds is 41. The number of primary amides is 1. The monoisotopic (exact) mass is 1450 g/mol. The highest BCUT2D eigenvalue weighted by molar-refractivity contribution is 5.99. The number of hydrogen-bond acceptors (Lipinski definition) is 20. The van der Waals surface area contributed by atoms with Crippen LogP contribution in [0.25, 0.3) is 0 Å². The Morgan fingerprint density at radius 2 is 1.40 bits per heavy atom. The minimum atomic E-state index is -2.13. The zero-order chi connectivity index (χ0) is 77.3. The zero-order valence-electron chi connectivity index (χ0n) is 62.3. The van der Waals surface area contributed by atoms with E-state index in [4.69, 9.17) is 29.4 Å². The number of aliphatic carboxylic acids is 1. The number of urea groups is 1. The van der Waals surface area contributed by atoms with Crippen molar-refractivity contribution < 1.29 is 102 Å². The van der Waals surface area contributed by atoms with Crippen LogP contribution in [-0.4, -0.2) is 232 Å². The number of ketones is 1. The topological polar surface area (TPSA) is 443 Å². The Balaban J connectivity index is 1.55. The largest absolute Gasteiger partial charge is 0.479 e. The fourth-order valence-corrected chi connectivity index (χ4v) is 12.5. The van der Waals surface area contributed by atoms with Crippen molar-refractivity contribution in [3.63, 3.8) is 0 Å². The number of aliphatic hydroxyl groups is 4. The van der Waals surface area contributed by atoms with E-state index in [0.29, 0.717) is 31.4 Å². The van der Waals surface area contributed by atoms with Gasteiger partial charge in [-0.25, -0.2) is 14.4 Å². The van der Waals surface area contributed by atoms with Crippen molar-refractivity contribution in [2.24, 2.45) is 41.2 Å². The van der Waals surface area contributed by atoms with E-state index in [9.17, 15) is 78.3 Å². The van der Waals surface area contributed by atoms with Gasteiger partial charge in [0.05, 0.1) is 49.6 Å². The Morgan fingerprint density at radius 3 is 1.99 bits per heavy atom. The summed E-state index contributed by atoms with van der Waals surface area (Å²) in [5.41, 5.74) is 5.85. The third kappa shape index (κ3) is 25.9. The molecule has 578 valence electrons. The van der Waals surface area contributed by atoms with E-state index in [1.807, 2.05) is 32.0 Å². The van der Waals surface area contributed by atoms with Crippen LogP contribution in [0.4, 0.5) is 15.3 Å². The molecule has 31 nitrogen and oxygen atoms in total. The van der Waals surface area contributed by atoms with E-state index < -0.39 is 157 Å². The molecular weight excluding hydrogens is 1340 g/mol. The van der Waals surface area contributed by atoms with Crippen molar-refractivity contribution in [1.82, 2.24) is 41.3 Å². The first-order valence-electron chi connectivity index (χ1n) is 35.5. The number of carboxylic acid groups (broad SMARTS) is 1. The van der Waals surface area contributed by atoms with Crippen LogP contribution < -0.4 is 42.4 Å². The highest BCUT2D eigenvalue weighted by Gasteiger charge is 2.49. The van der Waals surface area contributed by atoms with Crippen LogP contribution in [0.1, 0.15) is 158 Å². The Labute approximate surface area is 604 Å². The van der Waals surface area contributed by atoms with Gasteiger partial charge in [-0.15, -0.1) is 0 Å². The highest BCUT2D eigenvalue weighted by atomic mass is 16.7. The Kier molecular flexibility index (Phi) is 35.6. The van der Waals surface area contributed by atoms with Crippen LogP contribution in [0.5, 0.6) is 5.75 Å². The predicted molar refractivity (Wildman–Crippen MR) is 378 cm³/mol. The molecule has 0 aromatic heterocycles. The Hall–Kier alpha value is -8.07. The quantitative estimate of drug-likeness (QED) is 0.0425. The summed E-state index contributed by atoms with van der Waals surface area (Å²) >= 11 is 0. The van der Waals surface area contributed by atoms with Gasteiger partial charge in [-0.05, 0) is 86.0 Å². The van der Waals surface area contributed by atoms with Gasteiger partial charge in [0.25, 0.3) is 0 Å². The summed E-state index contributed by atoms with van der Waals surface area (Å²) in [6, 6.07) is 5.54. The molecule has 10 amide bonds. The molecule has 2 aromatic rings. The number of anilines is 1. The SMILES string of the molecule is CC[C@H](C)[C@@H]([C@@H](CC(=O)N1CCC[C@H]1C[C@@H](C)C(=O)N[C@H](C)[C@@H](O)c1ccccc1)OC)N(C)C(=O)[C@@H](NC(=O)[C@H](C(C)C)N(C)C(=O)OCc1ccc(NC(=O)[C@H](CCCNC(N)=O)NC(=O)[C@@H](NC(=O)CCOCCC(=O)C(C)C)C(C)C)c(O[C@@H]2O[C@H](C(=O)O)[C@@H](O)[C@H](O)[C@H]2O)c1)C(C)C. The summed E-state index contributed by atoms with van der Waals surface area (Å²) in [5.74, 6) is -8.52. The molecule has 0 radical (unpaired) electrons. The number of ether oxygens (including phenoxy) is 5. The lowest BCUT2D eigenvalue weighted by Crippen LogP contribution is -2.61. The van der Waals surface area contributed by atoms with Gasteiger partial charge >= 0.3 is 18.1 Å². The summed E-state index contributed by atoms with van der Waals surface area (Å²) in [7, 11) is 4.39. The molecular formula is C72H114N10O21. The van der Waals surface area contributed by atoms with E-state index in [-0.39, 0.29) is 104 Å². The molecule has 2 saturated heterocycles. The maximum absolute atomic E-state index is 14.9. The summed E-state index contributed by atoms with van der Waals surface area (Å²) in [6.45, 7) is 21.0. The molecule has 2 fully saturated rings. The molecule has 2 aliphatic heterocycles. The van der Waals surface area contributed by atoms with E-state index >= 15 is 0 Å². The first-order chi connectivity index (χ1) is 48.4. The Bertz CT molecular complexity index is 3140. The molecule has 16 atom stereocenters. The number of carbonyl (C=O) groups excluding carboxylic acids is 10. The number of nitrogens with zero attached hydrogens (tertiary/aromatic N) is 3. The number of nitrogens with one attached hydrogen (secondary N) is 6. The van der Waals surface area contributed by atoms with E-state index in [1.165, 1.54) is 37.3 Å². The molecule has 0 spiro atoms. The number of carboxylic acids is 1. The van der Waals surface area contributed by atoms with Gasteiger partial charge in [0.2, 0.25) is 47.6 Å². The molecule has 2 aliphatic rings. The first kappa shape index (κ1) is 87.3. The maximum Gasteiger partial charge on any atom is 0.410 e. The predicted octanol–water partition coefficient (Wildman–Crippen LogP) is 3.26. The van der Waals surface area contributed by atoms with Crippen molar-refractivity contribution in [2.45, 2.75) is 233 Å². The van der Waals surface area contributed by atoms with Crippen molar-refractivity contribution >= 4 is 70.9 Å². The number of aliphatic hydroxyl groups excluding tert-OH is 4. The van der Waals surface area contributed by atoms with Crippen molar-refractivity contribution in [1.29, 1.82) is 0 Å². The molecule has 0 unspecified atom stereocenters. The van der Waals surface area contributed by atoms with E-state index in [0.717, 1.165) is 11.3 Å². The van der Waals surface area contributed by atoms with Crippen LogP contribution in [0.3, 0.4) is 0 Å². The Morgan fingerprint density at radius 1 is 0.748 bits per heavy atom. The highest BCUT2D eigenvalue weighted by Crippen LogP contribution is 2.33. The molecule has 31 heteroatoms. The standard InChI is InChI=1S/C72H114N10O21/c1-16-42(10)58(52(99-15)36-54(85)82-31-21-24-47(82)34-43(11)64(90)75-44(12)59(86)46-22-18-17-19-23-46)80(13)68(94)56(40(6)7)79-67(93)57(41(8)9)81(14)72(98)101-37-45-26-27-48(51(35-45)102-70-62(89)60(87)61(88)63(103-70)69(95)96)76-65(91)49(25-20-30-74-71(73)97)77-66(92)55(39(4)5)78-53(84)29-33-100-32-28-50(83)38(2)3/h17-19,22-23,26-27,35,38-44,47,49,52,55-63,70,86-89H,16,20-21,24-25,28-34,36-37H2,1-15H3,(H,75,90)(H,76,91)(H,77,92)(H,78,84)(H,79,93)(H,95,96)(H3,73,74,97)/t42-,43+,44+,47-,49-,52+,55-,56-,57-,58-,59+,60-,61-,62+,63-,70+/m0/s1. The molecule has 4 rings (SSSR count). The lowest BCUT2D eigenvalue weighted by molar-refractivity contribution is -0.271. The maximum atomic E-state index is 14.9. The molecule has 2 aromatic carbocycles. The number of benzene rings is 2.